The molecule has 0 bridgehead atoms. The number of nitrogens with zero attached hydrogens (tertiary/aromatic N) is 1. The van der Waals surface area contributed by atoms with Gasteiger partial charge in [0.1, 0.15) is 0 Å². The summed E-state index contributed by atoms with van der Waals surface area (Å²) in [5, 5.41) is 3.53. The quantitative estimate of drug-likeness (QED) is 0.791. The van der Waals surface area contributed by atoms with Gasteiger partial charge in [0.25, 0.3) is 0 Å². The van der Waals surface area contributed by atoms with Gasteiger partial charge in [-0.15, -0.1) is 0 Å². The highest BCUT2D eigenvalue weighted by atomic mass is 15.1. The van der Waals surface area contributed by atoms with Gasteiger partial charge in [0.15, 0.2) is 0 Å². The van der Waals surface area contributed by atoms with Gasteiger partial charge in [-0.05, 0) is 56.3 Å². The second-order valence-corrected chi connectivity index (χ2v) is 5.59. The Hall–Kier alpha value is -1.02. The lowest BCUT2D eigenvalue weighted by molar-refractivity contribution is 0.570. The van der Waals surface area contributed by atoms with E-state index >= 15 is 0 Å². The molecule has 0 spiro atoms. The SMILES string of the molecule is CCCNC(C)c1ccc(N(C)CC2CC2)cc1. The minimum Gasteiger partial charge on any atom is -0.374 e. The molecule has 1 atom stereocenters. The molecule has 0 aromatic heterocycles. The lowest BCUT2D eigenvalue weighted by Gasteiger charge is -2.20. The van der Waals surface area contributed by atoms with E-state index in [1.165, 1.54) is 37.1 Å². The average molecular weight is 246 g/mol. The van der Waals surface area contributed by atoms with Gasteiger partial charge < -0.3 is 10.2 Å². The van der Waals surface area contributed by atoms with Gasteiger partial charge in [-0.25, -0.2) is 0 Å². The highest BCUT2D eigenvalue weighted by Gasteiger charge is 2.22. The van der Waals surface area contributed by atoms with Crippen LogP contribution in [-0.4, -0.2) is 20.1 Å². The molecule has 1 fully saturated rings. The van der Waals surface area contributed by atoms with Gasteiger partial charge in [0, 0.05) is 25.3 Å². The molecule has 1 saturated carbocycles. The lowest BCUT2D eigenvalue weighted by Crippen LogP contribution is -2.21. The Morgan fingerprint density at radius 2 is 1.94 bits per heavy atom. The summed E-state index contributed by atoms with van der Waals surface area (Å²) in [6.07, 6.45) is 4.02. The van der Waals surface area contributed by atoms with Gasteiger partial charge in [-0.2, -0.15) is 0 Å². The molecule has 1 aromatic carbocycles. The van der Waals surface area contributed by atoms with Crippen molar-refractivity contribution in [2.75, 3.05) is 25.0 Å². The first-order valence-corrected chi connectivity index (χ1v) is 7.25. The minimum atomic E-state index is 0.452. The summed E-state index contributed by atoms with van der Waals surface area (Å²) in [4.78, 5) is 2.38. The van der Waals surface area contributed by atoms with Crippen LogP contribution in [0.1, 0.15) is 44.7 Å². The molecule has 18 heavy (non-hydrogen) atoms. The normalized spacial score (nSPS) is 16.6. The van der Waals surface area contributed by atoms with Crippen molar-refractivity contribution in [3.8, 4) is 0 Å². The van der Waals surface area contributed by atoms with E-state index < -0.39 is 0 Å². The Bertz CT molecular complexity index is 354. The zero-order valence-corrected chi connectivity index (χ0v) is 11.9. The van der Waals surface area contributed by atoms with E-state index in [-0.39, 0.29) is 0 Å². The smallest absolute Gasteiger partial charge is 0.0363 e. The molecule has 1 aromatic rings. The van der Waals surface area contributed by atoms with E-state index in [0.717, 1.165) is 12.5 Å². The van der Waals surface area contributed by atoms with Gasteiger partial charge in [-0.3, -0.25) is 0 Å². The Morgan fingerprint density at radius 3 is 2.50 bits per heavy atom. The van der Waals surface area contributed by atoms with Crippen LogP contribution in [0.5, 0.6) is 0 Å². The molecule has 1 aliphatic carbocycles. The van der Waals surface area contributed by atoms with Gasteiger partial charge in [0.2, 0.25) is 0 Å². The van der Waals surface area contributed by atoms with Gasteiger partial charge >= 0.3 is 0 Å². The first-order valence-electron chi connectivity index (χ1n) is 7.25. The third-order valence-corrected chi connectivity index (χ3v) is 3.76. The van der Waals surface area contributed by atoms with E-state index in [1.54, 1.807) is 0 Å². The number of benzene rings is 1. The summed E-state index contributed by atoms with van der Waals surface area (Å²) >= 11 is 0. The van der Waals surface area contributed by atoms with Crippen LogP contribution in [0, 0.1) is 5.92 Å². The van der Waals surface area contributed by atoms with E-state index in [1.807, 2.05) is 0 Å². The number of hydrogen-bond acceptors (Lipinski definition) is 2. The van der Waals surface area contributed by atoms with Crippen molar-refractivity contribution in [2.45, 2.75) is 39.2 Å². The number of anilines is 1. The highest BCUT2D eigenvalue weighted by molar-refractivity contribution is 5.47. The predicted octanol–water partition coefficient (Wildman–Crippen LogP) is 3.59. The third kappa shape index (κ3) is 3.74. The molecule has 0 aliphatic heterocycles. The zero-order valence-electron chi connectivity index (χ0n) is 11.9. The Morgan fingerprint density at radius 1 is 1.28 bits per heavy atom. The fourth-order valence-electron chi connectivity index (χ4n) is 2.29. The Balaban J connectivity index is 1.91. The number of hydrogen-bond donors (Lipinski definition) is 1. The Kier molecular flexibility index (Phi) is 4.65. The Labute approximate surface area is 111 Å². The fourth-order valence-corrected chi connectivity index (χ4v) is 2.29. The molecule has 2 heteroatoms. The number of nitrogens with one attached hydrogen (secondary N) is 1. The fraction of sp³-hybridized carbons (Fsp3) is 0.625. The molecule has 1 N–H and O–H groups in total. The molecule has 2 nitrogen and oxygen atoms in total. The van der Waals surface area contributed by atoms with E-state index in [9.17, 15) is 0 Å². The molecule has 1 aliphatic rings. The maximum absolute atomic E-state index is 3.53. The predicted molar refractivity (Wildman–Crippen MR) is 79.1 cm³/mol. The summed E-state index contributed by atoms with van der Waals surface area (Å²) in [5.74, 6) is 0.944. The lowest BCUT2D eigenvalue weighted by atomic mass is 10.1. The maximum atomic E-state index is 3.53. The van der Waals surface area contributed by atoms with Crippen LogP contribution in [-0.2, 0) is 0 Å². The van der Waals surface area contributed by atoms with E-state index in [4.69, 9.17) is 0 Å². The third-order valence-electron chi connectivity index (χ3n) is 3.76. The minimum absolute atomic E-state index is 0.452. The second-order valence-electron chi connectivity index (χ2n) is 5.59. The summed E-state index contributed by atoms with van der Waals surface area (Å²) < 4.78 is 0. The van der Waals surface area contributed by atoms with Crippen LogP contribution in [0.2, 0.25) is 0 Å². The monoisotopic (exact) mass is 246 g/mol. The molecule has 0 radical (unpaired) electrons. The first kappa shape index (κ1) is 13.4. The van der Waals surface area contributed by atoms with Crippen LogP contribution in [0.15, 0.2) is 24.3 Å². The molecule has 0 saturated heterocycles. The van der Waals surface area contributed by atoms with Crippen molar-refractivity contribution in [3.05, 3.63) is 29.8 Å². The molecule has 1 unspecified atom stereocenters. The van der Waals surface area contributed by atoms with Crippen molar-refractivity contribution in [1.82, 2.24) is 5.32 Å². The van der Waals surface area contributed by atoms with Crippen molar-refractivity contribution >= 4 is 5.69 Å². The van der Waals surface area contributed by atoms with Crippen LogP contribution >= 0.6 is 0 Å². The maximum Gasteiger partial charge on any atom is 0.0363 e. The molecule has 0 heterocycles. The first-order chi connectivity index (χ1) is 8.70. The van der Waals surface area contributed by atoms with Crippen LogP contribution < -0.4 is 10.2 Å². The van der Waals surface area contributed by atoms with Gasteiger partial charge in [-0.1, -0.05) is 19.1 Å². The zero-order chi connectivity index (χ0) is 13.0. The standard InChI is InChI=1S/C16H26N2/c1-4-11-17-13(2)15-7-9-16(10-8-15)18(3)12-14-5-6-14/h7-10,13-14,17H,4-6,11-12H2,1-3H3. The summed E-state index contributed by atoms with van der Waals surface area (Å²) in [5.41, 5.74) is 2.72. The van der Waals surface area contributed by atoms with Crippen LogP contribution in [0.25, 0.3) is 0 Å². The summed E-state index contributed by atoms with van der Waals surface area (Å²) in [6, 6.07) is 9.47. The van der Waals surface area contributed by atoms with E-state index in [0.29, 0.717) is 6.04 Å². The highest BCUT2D eigenvalue weighted by Crippen LogP contribution is 2.31. The van der Waals surface area contributed by atoms with Crippen molar-refractivity contribution in [2.24, 2.45) is 5.92 Å². The summed E-state index contributed by atoms with van der Waals surface area (Å²) in [6.45, 7) is 6.74. The molecule has 0 amide bonds. The van der Waals surface area contributed by atoms with Gasteiger partial charge in [0.05, 0.1) is 0 Å². The second kappa shape index (κ2) is 6.24. The van der Waals surface area contributed by atoms with Crippen molar-refractivity contribution in [3.63, 3.8) is 0 Å². The molecule has 2 rings (SSSR count). The molecular weight excluding hydrogens is 220 g/mol. The van der Waals surface area contributed by atoms with Crippen molar-refractivity contribution < 1.29 is 0 Å². The number of rotatable bonds is 7. The topological polar surface area (TPSA) is 15.3 Å². The van der Waals surface area contributed by atoms with E-state index in [2.05, 4.69) is 55.4 Å². The molecular formula is C16H26N2. The van der Waals surface area contributed by atoms with Crippen LogP contribution in [0.3, 0.4) is 0 Å². The summed E-state index contributed by atoms with van der Waals surface area (Å²) in [7, 11) is 2.20. The van der Waals surface area contributed by atoms with Crippen LogP contribution in [0.4, 0.5) is 5.69 Å². The molecule has 100 valence electrons. The van der Waals surface area contributed by atoms with Crippen molar-refractivity contribution in [1.29, 1.82) is 0 Å². The average Bonchev–Trinajstić information content (AvgIpc) is 3.20. The largest absolute Gasteiger partial charge is 0.374 e.